The van der Waals surface area contributed by atoms with E-state index in [-0.39, 0.29) is 0 Å². The number of hydrogen-bond acceptors (Lipinski definition) is 3. The molecule has 0 aliphatic rings. The minimum atomic E-state index is 0.653. The first kappa shape index (κ1) is 14.7. The monoisotopic (exact) mass is 188 g/mol. The minimum absolute atomic E-state index is 0.653. The number of methoxy groups -OCH3 is 3. The van der Waals surface area contributed by atoms with Gasteiger partial charge in [-0.3, -0.25) is 0 Å². The van der Waals surface area contributed by atoms with E-state index in [0.717, 1.165) is 13.0 Å². The van der Waals surface area contributed by atoms with Crippen LogP contribution in [0.5, 0.6) is 0 Å². The predicted molar refractivity (Wildman–Crippen MR) is 54.7 cm³/mol. The van der Waals surface area contributed by atoms with Gasteiger partial charge in [0.05, 0.1) is 20.0 Å². The van der Waals surface area contributed by atoms with E-state index in [1.54, 1.807) is 33.7 Å². The lowest BCUT2D eigenvalue weighted by Crippen LogP contribution is -1.83. The summed E-state index contributed by atoms with van der Waals surface area (Å²) in [6.45, 7) is 4.84. The van der Waals surface area contributed by atoms with Crippen molar-refractivity contribution in [2.75, 3.05) is 34.5 Å². The van der Waals surface area contributed by atoms with Gasteiger partial charge < -0.3 is 14.2 Å². The van der Waals surface area contributed by atoms with Gasteiger partial charge >= 0.3 is 0 Å². The van der Waals surface area contributed by atoms with E-state index in [4.69, 9.17) is 4.74 Å². The molecule has 78 valence electrons. The van der Waals surface area contributed by atoms with Gasteiger partial charge in [-0.25, -0.2) is 0 Å². The van der Waals surface area contributed by atoms with Crippen molar-refractivity contribution >= 4 is 0 Å². The summed E-state index contributed by atoms with van der Waals surface area (Å²) in [6, 6.07) is 0. The maximum Gasteiger partial charge on any atom is 0.0785 e. The van der Waals surface area contributed by atoms with Gasteiger partial charge in [-0.15, -0.1) is 6.58 Å². The van der Waals surface area contributed by atoms with Gasteiger partial charge in [-0.05, 0) is 12.5 Å². The molecule has 0 amide bonds. The minimum Gasteiger partial charge on any atom is -0.505 e. The fraction of sp³-hybridized carbons (Fsp3) is 0.600. The molecule has 0 fully saturated rings. The van der Waals surface area contributed by atoms with Crippen LogP contribution in [0.2, 0.25) is 0 Å². The lowest BCUT2D eigenvalue weighted by Gasteiger charge is -1.89. The molecule has 0 aliphatic carbocycles. The highest BCUT2D eigenvalue weighted by atomic mass is 16.5. The summed E-state index contributed by atoms with van der Waals surface area (Å²) in [7, 11) is 4.95. The molecular weight excluding hydrogens is 168 g/mol. The third-order valence-corrected chi connectivity index (χ3v) is 1.01. The van der Waals surface area contributed by atoms with Crippen LogP contribution in [0.1, 0.15) is 6.42 Å². The highest BCUT2D eigenvalue weighted by molar-refractivity contribution is 4.71. The Morgan fingerprint density at radius 3 is 2.15 bits per heavy atom. The average molecular weight is 188 g/mol. The van der Waals surface area contributed by atoms with Crippen molar-refractivity contribution in [2.24, 2.45) is 0 Å². The van der Waals surface area contributed by atoms with Gasteiger partial charge in [0.2, 0.25) is 0 Å². The van der Waals surface area contributed by atoms with Crippen LogP contribution in [-0.4, -0.2) is 34.5 Å². The molecular formula is C10H20O3. The molecule has 3 nitrogen and oxygen atoms in total. The summed E-state index contributed by atoms with van der Waals surface area (Å²) in [5.74, 6) is 0. The molecule has 0 radical (unpaired) electrons. The second-order valence-electron chi connectivity index (χ2n) is 2.13. The third-order valence-electron chi connectivity index (χ3n) is 1.01. The topological polar surface area (TPSA) is 27.7 Å². The Hall–Kier alpha value is -0.800. The van der Waals surface area contributed by atoms with E-state index >= 15 is 0 Å². The first-order chi connectivity index (χ1) is 6.33. The Bertz CT molecular complexity index is 111. The molecule has 0 aromatic heterocycles. The van der Waals surface area contributed by atoms with Gasteiger partial charge in [-0.2, -0.15) is 0 Å². The van der Waals surface area contributed by atoms with E-state index in [9.17, 15) is 0 Å². The van der Waals surface area contributed by atoms with Gasteiger partial charge in [0.15, 0.2) is 0 Å². The summed E-state index contributed by atoms with van der Waals surface area (Å²) in [4.78, 5) is 0. The average Bonchev–Trinajstić information content (AvgIpc) is 2.15. The summed E-state index contributed by atoms with van der Waals surface area (Å²) in [6.07, 6.45) is 6.20. The zero-order valence-electron chi connectivity index (χ0n) is 8.79. The van der Waals surface area contributed by atoms with E-state index in [2.05, 4.69) is 16.1 Å². The predicted octanol–water partition coefficient (Wildman–Crippen LogP) is 2.00. The molecule has 0 atom stereocenters. The van der Waals surface area contributed by atoms with E-state index in [1.165, 1.54) is 0 Å². The van der Waals surface area contributed by atoms with Crippen LogP contribution in [-0.2, 0) is 14.2 Å². The van der Waals surface area contributed by atoms with Crippen molar-refractivity contribution in [2.45, 2.75) is 6.42 Å². The number of ether oxygens (including phenoxy) is 3. The molecule has 0 saturated carbocycles. The lowest BCUT2D eigenvalue weighted by molar-refractivity contribution is 0.203. The molecule has 0 aromatic rings. The zero-order valence-corrected chi connectivity index (χ0v) is 8.79. The van der Waals surface area contributed by atoms with E-state index in [0.29, 0.717) is 6.61 Å². The normalized spacial score (nSPS) is 9.15. The summed E-state index contributed by atoms with van der Waals surface area (Å²) in [5.41, 5.74) is 0. The van der Waals surface area contributed by atoms with Crippen LogP contribution in [0.15, 0.2) is 25.0 Å². The molecule has 0 aromatic carbocycles. The second kappa shape index (κ2) is 17.3. The Morgan fingerprint density at radius 1 is 1.15 bits per heavy atom. The molecule has 13 heavy (non-hydrogen) atoms. The van der Waals surface area contributed by atoms with Gasteiger partial charge in [0.25, 0.3) is 0 Å². The quantitative estimate of drug-likeness (QED) is 0.362. The maximum absolute atomic E-state index is 4.78. The van der Waals surface area contributed by atoms with Crippen molar-refractivity contribution in [3.05, 3.63) is 25.0 Å². The fourth-order valence-corrected chi connectivity index (χ4v) is 0.468. The fourth-order valence-electron chi connectivity index (χ4n) is 0.468. The SMILES string of the molecule is C=CCOC.COC=CCCOC. The molecule has 0 heterocycles. The molecule has 0 N–H and O–H groups in total. The van der Waals surface area contributed by atoms with Gasteiger partial charge in [-0.1, -0.05) is 6.08 Å². The van der Waals surface area contributed by atoms with Crippen molar-refractivity contribution in [3.8, 4) is 0 Å². The zero-order chi connectivity index (χ0) is 10.4. The van der Waals surface area contributed by atoms with Crippen molar-refractivity contribution < 1.29 is 14.2 Å². The molecule has 0 unspecified atom stereocenters. The van der Waals surface area contributed by atoms with Gasteiger partial charge in [0, 0.05) is 20.8 Å². The molecule has 0 aliphatic heterocycles. The molecule has 0 spiro atoms. The van der Waals surface area contributed by atoms with Crippen LogP contribution < -0.4 is 0 Å². The Kier molecular flexibility index (Phi) is 19.6. The van der Waals surface area contributed by atoms with E-state index in [1.807, 2.05) is 6.08 Å². The molecule has 0 bridgehead atoms. The van der Waals surface area contributed by atoms with Crippen molar-refractivity contribution in [3.63, 3.8) is 0 Å². The largest absolute Gasteiger partial charge is 0.505 e. The summed E-state index contributed by atoms with van der Waals surface area (Å²) in [5, 5.41) is 0. The second-order valence-corrected chi connectivity index (χ2v) is 2.13. The first-order valence-corrected chi connectivity index (χ1v) is 4.10. The molecule has 0 rings (SSSR count). The van der Waals surface area contributed by atoms with Crippen LogP contribution in [0, 0.1) is 0 Å². The smallest absolute Gasteiger partial charge is 0.0785 e. The van der Waals surface area contributed by atoms with E-state index < -0.39 is 0 Å². The van der Waals surface area contributed by atoms with Crippen LogP contribution in [0.4, 0.5) is 0 Å². The Morgan fingerprint density at radius 2 is 1.85 bits per heavy atom. The van der Waals surface area contributed by atoms with Crippen LogP contribution >= 0.6 is 0 Å². The highest BCUT2D eigenvalue weighted by Gasteiger charge is 1.74. The van der Waals surface area contributed by atoms with Crippen molar-refractivity contribution in [1.82, 2.24) is 0 Å². The van der Waals surface area contributed by atoms with Gasteiger partial charge in [0.1, 0.15) is 0 Å². The number of hydrogen-bond donors (Lipinski definition) is 0. The first-order valence-electron chi connectivity index (χ1n) is 4.10. The van der Waals surface area contributed by atoms with Crippen LogP contribution in [0.25, 0.3) is 0 Å². The number of rotatable bonds is 6. The highest BCUT2D eigenvalue weighted by Crippen LogP contribution is 1.82. The lowest BCUT2D eigenvalue weighted by atomic mass is 10.4. The van der Waals surface area contributed by atoms with Crippen molar-refractivity contribution in [1.29, 1.82) is 0 Å². The standard InChI is InChI=1S/C6H12O2.C4H8O/c1-7-5-3-4-6-8-2;1-3-4-5-2/h3,5H,4,6H2,1-2H3;3H,1,4H2,2H3. The Balaban J connectivity index is 0. The van der Waals surface area contributed by atoms with Crippen LogP contribution in [0.3, 0.4) is 0 Å². The summed E-state index contributed by atoms with van der Waals surface area (Å²) >= 11 is 0. The third kappa shape index (κ3) is 24.7. The summed E-state index contributed by atoms with van der Waals surface area (Å²) < 4.78 is 14.0. The molecule has 0 saturated heterocycles. The molecule has 3 heteroatoms. The maximum atomic E-state index is 4.78. The Labute approximate surface area is 81.0 Å².